The molecular weight excluding hydrogens is 280 g/mol. The Hall–Kier alpha value is -1.48. The van der Waals surface area contributed by atoms with E-state index >= 15 is 0 Å². The van der Waals surface area contributed by atoms with Gasteiger partial charge >= 0.3 is 5.69 Å². The smallest absolute Gasteiger partial charge is 0.325 e. The Bertz CT molecular complexity index is 649. The van der Waals surface area contributed by atoms with E-state index in [1.54, 1.807) is 20.8 Å². The first-order valence-electron chi connectivity index (χ1n) is 6.79. The molecule has 0 aliphatic carbocycles. The molecule has 0 unspecified atom stereocenters. The van der Waals surface area contributed by atoms with Gasteiger partial charge in [-0.25, -0.2) is 4.79 Å². The summed E-state index contributed by atoms with van der Waals surface area (Å²) in [6.45, 7) is 5.12. The number of aliphatic hydroxyl groups excluding tert-OH is 1. The Morgan fingerprint density at radius 1 is 1.29 bits per heavy atom. The lowest BCUT2D eigenvalue weighted by Gasteiger charge is -2.25. The zero-order valence-corrected chi connectivity index (χ0v) is 12.0. The van der Waals surface area contributed by atoms with Crippen molar-refractivity contribution in [1.29, 1.82) is 0 Å². The third-order valence-electron chi connectivity index (χ3n) is 3.72. The lowest BCUT2D eigenvalue weighted by Crippen LogP contribution is -2.36. The molecule has 0 amide bonds. The van der Waals surface area contributed by atoms with Crippen molar-refractivity contribution in [3.8, 4) is 0 Å². The van der Waals surface area contributed by atoms with E-state index in [0.29, 0.717) is 0 Å². The Morgan fingerprint density at radius 3 is 2.57 bits per heavy atom. The molecule has 2 aliphatic heterocycles. The molecule has 3 heterocycles. The van der Waals surface area contributed by atoms with Gasteiger partial charge in [-0.3, -0.25) is 9.78 Å². The van der Waals surface area contributed by atoms with Gasteiger partial charge in [-0.2, -0.15) is 0 Å². The predicted octanol–water partition coefficient (Wildman–Crippen LogP) is -0.596. The average Bonchev–Trinajstić information content (AvgIpc) is 2.82. The molecule has 1 aromatic heterocycles. The van der Waals surface area contributed by atoms with Gasteiger partial charge in [-0.05, 0) is 20.8 Å². The zero-order chi connectivity index (χ0) is 15.4. The second-order valence-corrected chi connectivity index (χ2v) is 5.85. The van der Waals surface area contributed by atoms with Crippen LogP contribution >= 0.6 is 0 Å². The Morgan fingerprint density at radius 2 is 1.95 bits per heavy atom. The molecule has 3 rings (SSSR count). The van der Waals surface area contributed by atoms with Gasteiger partial charge in [-0.15, -0.1) is 0 Å². The molecule has 21 heavy (non-hydrogen) atoms. The summed E-state index contributed by atoms with van der Waals surface area (Å²) in [5.74, 6) is -0.820. The van der Waals surface area contributed by atoms with E-state index in [1.807, 2.05) is 0 Å². The number of aromatic nitrogens is 2. The number of hydrogen-bond acceptors (Lipinski definition) is 6. The van der Waals surface area contributed by atoms with Crippen molar-refractivity contribution in [3.63, 3.8) is 0 Å². The predicted molar refractivity (Wildman–Crippen MR) is 70.8 cm³/mol. The number of ether oxygens (including phenoxy) is 3. The van der Waals surface area contributed by atoms with Gasteiger partial charge in [0.2, 0.25) is 0 Å². The van der Waals surface area contributed by atoms with Gasteiger partial charge in [-0.1, -0.05) is 0 Å². The molecule has 1 aromatic rings. The molecule has 0 radical (unpaired) electrons. The molecule has 5 atom stereocenters. The first-order chi connectivity index (χ1) is 9.78. The van der Waals surface area contributed by atoms with Crippen molar-refractivity contribution in [3.05, 3.63) is 32.6 Å². The molecule has 3 N–H and O–H groups in total. The van der Waals surface area contributed by atoms with Gasteiger partial charge in [0.25, 0.3) is 5.56 Å². The molecule has 8 heteroatoms. The molecule has 0 spiro atoms. The third-order valence-corrected chi connectivity index (χ3v) is 3.72. The number of rotatable bonds is 2. The highest BCUT2D eigenvalue weighted by Gasteiger charge is 2.57. The summed E-state index contributed by atoms with van der Waals surface area (Å²) in [6.07, 6.45) is -1.78. The van der Waals surface area contributed by atoms with Crippen molar-refractivity contribution in [2.24, 2.45) is 0 Å². The van der Waals surface area contributed by atoms with Crippen LogP contribution in [0.3, 0.4) is 0 Å². The van der Waals surface area contributed by atoms with Crippen LogP contribution in [0.15, 0.2) is 15.8 Å². The maximum Gasteiger partial charge on any atom is 0.325 e. The van der Waals surface area contributed by atoms with Gasteiger partial charge in [0.1, 0.15) is 24.4 Å². The second-order valence-electron chi connectivity index (χ2n) is 5.85. The largest absolute Gasteiger partial charge is 0.391 e. The van der Waals surface area contributed by atoms with Crippen LogP contribution in [0.2, 0.25) is 0 Å². The minimum absolute atomic E-state index is 0.244. The lowest BCUT2D eigenvalue weighted by molar-refractivity contribution is -0.197. The molecule has 0 bridgehead atoms. The van der Waals surface area contributed by atoms with Gasteiger partial charge in [0, 0.05) is 6.20 Å². The first kappa shape index (κ1) is 14.5. The van der Waals surface area contributed by atoms with Crippen LogP contribution < -0.4 is 11.2 Å². The monoisotopic (exact) mass is 298 g/mol. The number of H-pyrrole nitrogens is 2. The Balaban J connectivity index is 1.99. The van der Waals surface area contributed by atoms with E-state index in [1.165, 1.54) is 6.20 Å². The van der Waals surface area contributed by atoms with Gasteiger partial charge in [0.05, 0.1) is 11.7 Å². The second kappa shape index (κ2) is 4.77. The number of nitrogens with one attached hydrogen (secondary N) is 2. The molecule has 2 fully saturated rings. The standard InChI is InChI=1S/C13H18N2O6/c1-5(16)7-9-10(21-13(2,3)20-9)8(19-7)6-4-14-12(18)15-11(6)17/h4-5,7-10,16H,1-3H3,(H2,14,15,17,18)/t5-,7-,8+,9-,10+/m1/s1. The van der Waals surface area contributed by atoms with Crippen molar-refractivity contribution in [2.45, 2.75) is 57.1 Å². The first-order valence-corrected chi connectivity index (χ1v) is 6.79. The summed E-state index contributed by atoms with van der Waals surface area (Å²) in [5, 5.41) is 9.84. The summed E-state index contributed by atoms with van der Waals surface area (Å²) in [4.78, 5) is 27.6. The van der Waals surface area contributed by atoms with E-state index in [9.17, 15) is 14.7 Å². The highest BCUT2D eigenvalue weighted by Crippen LogP contribution is 2.45. The number of hydrogen-bond donors (Lipinski definition) is 3. The Kier molecular flexibility index (Phi) is 3.28. The van der Waals surface area contributed by atoms with Crippen LogP contribution in [-0.4, -0.2) is 45.3 Å². The highest BCUT2D eigenvalue weighted by atomic mass is 16.8. The lowest BCUT2D eigenvalue weighted by atomic mass is 10.0. The molecule has 0 saturated carbocycles. The fraction of sp³-hybridized carbons (Fsp3) is 0.692. The SMILES string of the molecule is C[C@@H](O)[C@H]1O[C@@H](c2c[nH]c(=O)[nH]c2=O)[C@@H]2OC(C)(C)O[C@@H]21. The van der Waals surface area contributed by atoms with Crippen molar-refractivity contribution in [1.82, 2.24) is 9.97 Å². The van der Waals surface area contributed by atoms with Crippen LogP contribution in [0.5, 0.6) is 0 Å². The molecule has 116 valence electrons. The topological polar surface area (TPSA) is 114 Å². The molecule has 8 nitrogen and oxygen atoms in total. The summed E-state index contributed by atoms with van der Waals surface area (Å²) in [5.41, 5.74) is -0.884. The quantitative estimate of drug-likeness (QED) is 0.672. The molecule has 0 aromatic carbocycles. The minimum Gasteiger partial charge on any atom is -0.391 e. The fourth-order valence-electron chi connectivity index (χ4n) is 2.90. The van der Waals surface area contributed by atoms with E-state index in [0.717, 1.165) is 0 Å². The average molecular weight is 298 g/mol. The summed E-state index contributed by atoms with van der Waals surface area (Å²) >= 11 is 0. The zero-order valence-electron chi connectivity index (χ0n) is 12.0. The van der Waals surface area contributed by atoms with Crippen molar-refractivity contribution >= 4 is 0 Å². The third kappa shape index (κ3) is 2.44. The van der Waals surface area contributed by atoms with Crippen molar-refractivity contribution < 1.29 is 19.3 Å². The van der Waals surface area contributed by atoms with E-state index in [-0.39, 0.29) is 5.56 Å². The van der Waals surface area contributed by atoms with Gasteiger partial charge < -0.3 is 24.3 Å². The van der Waals surface area contributed by atoms with Crippen LogP contribution in [0.25, 0.3) is 0 Å². The minimum atomic E-state index is -0.820. The molecule has 2 saturated heterocycles. The van der Waals surface area contributed by atoms with Crippen molar-refractivity contribution in [2.75, 3.05) is 0 Å². The number of aliphatic hydroxyl groups is 1. The van der Waals surface area contributed by atoms with E-state index in [4.69, 9.17) is 14.2 Å². The van der Waals surface area contributed by atoms with Crippen LogP contribution in [-0.2, 0) is 14.2 Å². The summed E-state index contributed by atoms with van der Waals surface area (Å²) in [6, 6.07) is 0. The summed E-state index contributed by atoms with van der Waals surface area (Å²) in [7, 11) is 0. The summed E-state index contributed by atoms with van der Waals surface area (Å²) < 4.78 is 17.3. The van der Waals surface area contributed by atoms with E-state index in [2.05, 4.69) is 9.97 Å². The van der Waals surface area contributed by atoms with Crippen LogP contribution in [0.1, 0.15) is 32.4 Å². The maximum atomic E-state index is 11.9. The fourth-order valence-corrected chi connectivity index (χ4v) is 2.90. The van der Waals surface area contributed by atoms with Crippen LogP contribution in [0.4, 0.5) is 0 Å². The number of fused-ring (bicyclic) bond motifs is 1. The normalized spacial score (nSPS) is 35.6. The highest BCUT2D eigenvalue weighted by molar-refractivity contribution is 5.15. The number of aromatic amines is 2. The van der Waals surface area contributed by atoms with Gasteiger partial charge in [0.15, 0.2) is 5.79 Å². The molecule has 2 aliphatic rings. The maximum absolute atomic E-state index is 11.9. The van der Waals surface area contributed by atoms with E-state index < -0.39 is 47.6 Å². The Labute approximate surface area is 120 Å². The van der Waals surface area contributed by atoms with Crippen LogP contribution in [0, 0.1) is 0 Å². The molecular formula is C13H18N2O6.